The molecule has 0 N–H and O–H groups in total. The lowest BCUT2D eigenvalue weighted by Gasteiger charge is -2.39. The highest BCUT2D eigenvalue weighted by atomic mass is 35.5. The topological polar surface area (TPSA) is 59.1 Å². The average Bonchev–Trinajstić information content (AvgIpc) is 3.37. The molecule has 5 rings (SSSR count). The van der Waals surface area contributed by atoms with E-state index in [-0.39, 0.29) is 12.0 Å². The van der Waals surface area contributed by atoms with E-state index in [2.05, 4.69) is 12.1 Å². The minimum Gasteiger partial charge on any atom is -0.439 e. The Kier molecular flexibility index (Phi) is 5.59. The minimum atomic E-state index is -0.672. The van der Waals surface area contributed by atoms with E-state index in [1.807, 2.05) is 35.2 Å². The predicted molar refractivity (Wildman–Crippen MR) is 122 cm³/mol. The number of likely N-dealkylation sites (tertiary alicyclic amines) is 1. The lowest BCUT2D eigenvalue weighted by molar-refractivity contribution is -0.147. The first-order valence-electron chi connectivity index (χ1n) is 11.2. The maximum atomic E-state index is 13.8. The lowest BCUT2D eigenvalue weighted by Crippen LogP contribution is -2.49. The number of carbonyl (C=O) groups is 2. The molecule has 0 aromatic heterocycles. The molecule has 1 spiro atoms. The van der Waals surface area contributed by atoms with Gasteiger partial charge in [-0.3, -0.25) is 9.69 Å². The molecule has 0 bridgehead atoms. The van der Waals surface area contributed by atoms with Gasteiger partial charge >= 0.3 is 6.09 Å². The Morgan fingerprint density at radius 1 is 1.00 bits per heavy atom. The summed E-state index contributed by atoms with van der Waals surface area (Å²) in [6.07, 6.45) is 2.37. The van der Waals surface area contributed by atoms with Crippen LogP contribution in [0.1, 0.15) is 24.8 Å². The molecule has 2 amide bonds. The second-order valence-corrected chi connectivity index (χ2v) is 9.59. The Bertz CT molecular complexity index is 1010. The van der Waals surface area contributed by atoms with Gasteiger partial charge in [0.25, 0.3) is 0 Å². The molecule has 0 saturated carbocycles. The maximum Gasteiger partial charge on any atom is 0.415 e. The number of nitrogens with zero attached hydrogens (tertiary/aromatic N) is 2. The summed E-state index contributed by atoms with van der Waals surface area (Å²) in [6.45, 7) is 2.62. The zero-order valence-electron chi connectivity index (χ0n) is 18.0. The minimum absolute atomic E-state index is 0.152. The van der Waals surface area contributed by atoms with Gasteiger partial charge in [0.1, 0.15) is 0 Å². The summed E-state index contributed by atoms with van der Waals surface area (Å²) >= 11 is 6.11. The zero-order chi connectivity index (χ0) is 22.2. The molecule has 32 heavy (non-hydrogen) atoms. The van der Waals surface area contributed by atoms with E-state index in [0.29, 0.717) is 69.2 Å². The number of hydrogen-bond acceptors (Lipinski definition) is 4. The van der Waals surface area contributed by atoms with Gasteiger partial charge in [0.05, 0.1) is 18.5 Å². The predicted octanol–water partition coefficient (Wildman–Crippen LogP) is 4.31. The summed E-state index contributed by atoms with van der Waals surface area (Å²) in [6, 6.07) is 17.4. The number of halogens is 1. The summed E-state index contributed by atoms with van der Waals surface area (Å²) < 4.78 is 11.5. The highest BCUT2D eigenvalue weighted by molar-refractivity contribution is 6.30. The maximum absolute atomic E-state index is 13.8. The molecular weight excluding hydrogens is 428 g/mol. The van der Waals surface area contributed by atoms with Crippen LogP contribution in [0.15, 0.2) is 54.6 Å². The number of amides is 2. The van der Waals surface area contributed by atoms with Gasteiger partial charge in [-0.25, -0.2) is 4.79 Å². The Balaban J connectivity index is 1.33. The van der Waals surface area contributed by atoms with E-state index < -0.39 is 11.0 Å². The van der Waals surface area contributed by atoms with Gasteiger partial charge in [0.2, 0.25) is 5.91 Å². The zero-order valence-corrected chi connectivity index (χ0v) is 18.7. The third kappa shape index (κ3) is 3.97. The molecule has 3 heterocycles. The molecule has 3 aliphatic heterocycles. The van der Waals surface area contributed by atoms with Crippen LogP contribution >= 0.6 is 11.6 Å². The van der Waals surface area contributed by atoms with Gasteiger partial charge in [-0.15, -0.1) is 0 Å². The molecule has 2 aromatic rings. The van der Waals surface area contributed by atoms with Crippen molar-refractivity contribution in [3.8, 4) is 0 Å². The fourth-order valence-corrected chi connectivity index (χ4v) is 5.43. The van der Waals surface area contributed by atoms with Crippen LogP contribution in [0.2, 0.25) is 5.02 Å². The Labute approximate surface area is 193 Å². The fraction of sp³-hybridized carbons (Fsp3) is 0.440. The molecule has 0 aliphatic carbocycles. The first-order valence-corrected chi connectivity index (χ1v) is 11.5. The van der Waals surface area contributed by atoms with Crippen LogP contribution in [0, 0.1) is 5.41 Å². The highest BCUT2D eigenvalue weighted by Crippen LogP contribution is 2.41. The van der Waals surface area contributed by atoms with Gasteiger partial charge in [0, 0.05) is 36.9 Å². The van der Waals surface area contributed by atoms with Crippen molar-refractivity contribution in [2.45, 2.75) is 31.3 Å². The van der Waals surface area contributed by atoms with Gasteiger partial charge < -0.3 is 14.4 Å². The fourth-order valence-electron chi connectivity index (χ4n) is 5.25. The SMILES string of the molecule is O=C1OC2(CCN(C(=O)C3(Cc4ccccc4)CCOCC3)C2)CN1c1cccc(Cl)c1. The van der Waals surface area contributed by atoms with Gasteiger partial charge in [-0.1, -0.05) is 48.0 Å². The van der Waals surface area contributed by atoms with E-state index in [9.17, 15) is 9.59 Å². The van der Waals surface area contributed by atoms with Crippen LogP contribution in [-0.2, 0) is 20.7 Å². The van der Waals surface area contributed by atoms with Crippen LogP contribution in [0.4, 0.5) is 10.5 Å². The molecule has 0 radical (unpaired) electrons. The standard InChI is InChI=1S/C25H27ClN2O4/c26-20-7-4-8-21(15-20)28-18-25(32-23(28)30)9-12-27(17-25)22(29)24(10-13-31-14-11-24)16-19-5-2-1-3-6-19/h1-8,15H,9-14,16-18H2. The van der Waals surface area contributed by atoms with Crippen molar-refractivity contribution >= 4 is 29.3 Å². The van der Waals surface area contributed by atoms with Crippen LogP contribution in [-0.4, -0.2) is 55.3 Å². The Morgan fingerprint density at radius 3 is 2.53 bits per heavy atom. The Hall–Kier alpha value is -2.57. The Morgan fingerprint density at radius 2 is 1.78 bits per heavy atom. The first-order chi connectivity index (χ1) is 15.5. The third-order valence-electron chi connectivity index (χ3n) is 6.98. The van der Waals surface area contributed by atoms with Crippen molar-refractivity contribution in [1.82, 2.24) is 4.90 Å². The number of rotatable bonds is 4. The lowest BCUT2D eigenvalue weighted by atomic mass is 9.74. The number of ether oxygens (including phenoxy) is 2. The van der Waals surface area contributed by atoms with Crippen molar-refractivity contribution < 1.29 is 19.1 Å². The summed E-state index contributed by atoms with van der Waals surface area (Å²) in [5.74, 6) is 0.152. The number of anilines is 1. The number of carbonyl (C=O) groups excluding carboxylic acids is 2. The number of hydrogen-bond donors (Lipinski definition) is 0. The largest absolute Gasteiger partial charge is 0.439 e. The van der Waals surface area contributed by atoms with Crippen molar-refractivity contribution in [2.24, 2.45) is 5.41 Å². The van der Waals surface area contributed by atoms with Crippen LogP contribution in [0.5, 0.6) is 0 Å². The van der Waals surface area contributed by atoms with Crippen molar-refractivity contribution in [3.05, 3.63) is 65.2 Å². The first kappa shape index (κ1) is 21.3. The van der Waals surface area contributed by atoms with Crippen molar-refractivity contribution in [1.29, 1.82) is 0 Å². The molecule has 7 heteroatoms. The second-order valence-electron chi connectivity index (χ2n) is 9.15. The molecule has 1 unspecified atom stereocenters. The van der Waals surface area contributed by atoms with E-state index in [1.54, 1.807) is 17.0 Å². The summed E-state index contributed by atoms with van der Waals surface area (Å²) in [7, 11) is 0. The smallest absolute Gasteiger partial charge is 0.415 e. The molecule has 168 valence electrons. The average molecular weight is 455 g/mol. The number of benzene rings is 2. The van der Waals surface area contributed by atoms with Crippen LogP contribution in [0.25, 0.3) is 0 Å². The third-order valence-corrected chi connectivity index (χ3v) is 7.22. The van der Waals surface area contributed by atoms with Crippen molar-refractivity contribution in [3.63, 3.8) is 0 Å². The summed E-state index contributed by atoms with van der Waals surface area (Å²) in [5, 5.41) is 0.571. The van der Waals surface area contributed by atoms with E-state index in [0.717, 1.165) is 5.56 Å². The van der Waals surface area contributed by atoms with Crippen LogP contribution < -0.4 is 4.90 Å². The summed E-state index contributed by atoms with van der Waals surface area (Å²) in [4.78, 5) is 30.0. The summed E-state index contributed by atoms with van der Waals surface area (Å²) in [5.41, 5.74) is 0.736. The second kappa shape index (κ2) is 8.41. The molecule has 3 fully saturated rings. The van der Waals surface area contributed by atoms with Gasteiger partial charge in [-0.05, 0) is 43.0 Å². The van der Waals surface area contributed by atoms with E-state index >= 15 is 0 Å². The van der Waals surface area contributed by atoms with Crippen LogP contribution in [0.3, 0.4) is 0 Å². The van der Waals surface area contributed by atoms with E-state index in [4.69, 9.17) is 21.1 Å². The highest BCUT2D eigenvalue weighted by Gasteiger charge is 2.53. The molecular formula is C25H27ClN2O4. The quantitative estimate of drug-likeness (QED) is 0.690. The molecule has 3 saturated heterocycles. The molecule has 1 atom stereocenters. The normalized spacial score (nSPS) is 24.7. The molecule has 2 aromatic carbocycles. The van der Waals surface area contributed by atoms with E-state index in [1.165, 1.54) is 0 Å². The molecule has 6 nitrogen and oxygen atoms in total. The molecule has 3 aliphatic rings. The van der Waals surface area contributed by atoms with Gasteiger partial charge in [0.15, 0.2) is 5.60 Å². The monoisotopic (exact) mass is 454 g/mol. The van der Waals surface area contributed by atoms with Crippen molar-refractivity contribution in [2.75, 3.05) is 37.7 Å². The van der Waals surface area contributed by atoms with Gasteiger partial charge in [-0.2, -0.15) is 0 Å².